The van der Waals surface area contributed by atoms with Crippen LogP contribution in [-0.2, 0) is 6.54 Å². The first-order chi connectivity index (χ1) is 13.5. The van der Waals surface area contributed by atoms with Crippen molar-refractivity contribution in [1.82, 2.24) is 9.97 Å². The van der Waals surface area contributed by atoms with Gasteiger partial charge in [0.15, 0.2) is 0 Å². The molecule has 5 nitrogen and oxygen atoms in total. The summed E-state index contributed by atoms with van der Waals surface area (Å²) < 4.78 is 26.5. The van der Waals surface area contributed by atoms with E-state index in [0.717, 1.165) is 39.4 Å². The molecule has 0 spiro atoms. The number of alkyl halides is 2. The first-order valence-corrected chi connectivity index (χ1v) is 9.25. The van der Waals surface area contributed by atoms with Crippen molar-refractivity contribution in [3.05, 3.63) is 60.0 Å². The van der Waals surface area contributed by atoms with Crippen LogP contribution in [0, 0.1) is 0 Å². The second kappa shape index (κ2) is 6.22. The largest absolute Gasteiger partial charge is 0.356 e. The van der Waals surface area contributed by atoms with E-state index >= 15 is 0 Å². The number of anilines is 2. The second-order valence-electron chi connectivity index (χ2n) is 7.39. The molecular formula is C21H19F2N5. The highest BCUT2D eigenvalue weighted by Gasteiger charge is 2.47. The smallest absolute Gasteiger partial charge is 0.252 e. The summed E-state index contributed by atoms with van der Waals surface area (Å²) in [6.07, 6.45) is 3.26. The van der Waals surface area contributed by atoms with Gasteiger partial charge >= 0.3 is 0 Å². The van der Waals surface area contributed by atoms with Crippen molar-refractivity contribution in [1.29, 1.82) is 0 Å². The molecule has 0 amide bonds. The van der Waals surface area contributed by atoms with Crippen LogP contribution in [0.1, 0.15) is 24.1 Å². The average Bonchev–Trinajstić information content (AvgIpc) is 3.08. The molecule has 3 aromatic rings. The number of rotatable bonds is 3. The summed E-state index contributed by atoms with van der Waals surface area (Å²) in [6, 6.07) is 11.6. The number of nitrogens with one attached hydrogen (secondary N) is 1. The van der Waals surface area contributed by atoms with E-state index in [4.69, 9.17) is 0 Å². The molecule has 0 saturated heterocycles. The van der Waals surface area contributed by atoms with Crippen LogP contribution >= 0.6 is 0 Å². The normalized spacial score (nSPS) is 17.8. The molecule has 1 N–H and O–H groups in total. The van der Waals surface area contributed by atoms with Crippen LogP contribution in [0.25, 0.3) is 10.8 Å². The van der Waals surface area contributed by atoms with Gasteiger partial charge in [-0.15, -0.1) is 0 Å². The summed E-state index contributed by atoms with van der Waals surface area (Å²) in [5.41, 5.74) is 2.90. The standard InChI is InChI=1S/C21H19F2N5/c1-28(15-10-21(22,23)11-15)20-16-5-4-14(9-13(16)6-8-25-20)27-19-17-3-2-7-24-18(17)12-26-19/h2-9,15H,10-12H2,1H3,(H,26,27). The highest BCUT2D eigenvalue weighted by atomic mass is 19.3. The molecule has 2 aromatic heterocycles. The van der Waals surface area contributed by atoms with Crippen molar-refractivity contribution >= 4 is 28.1 Å². The molecule has 0 radical (unpaired) electrons. The molecule has 1 aliphatic carbocycles. The van der Waals surface area contributed by atoms with Crippen LogP contribution in [0.4, 0.5) is 20.3 Å². The molecule has 28 heavy (non-hydrogen) atoms. The third-order valence-electron chi connectivity index (χ3n) is 5.49. The van der Waals surface area contributed by atoms with E-state index in [1.807, 2.05) is 48.3 Å². The average molecular weight is 379 g/mol. The number of fused-ring (bicyclic) bond motifs is 2. The maximum atomic E-state index is 13.3. The zero-order chi connectivity index (χ0) is 19.3. The molecule has 1 aliphatic heterocycles. The second-order valence-corrected chi connectivity index (χ2v) is 7.39. The maximum absolute atomic E-state index is 13.3. The molecular weight excluding hydrogens is 360 g/mol. The number of nitrogens with zero attached hydrogens (tertiary/aromatic N) is 4. The Hall–Kier alpha value is -3.09. The Bertz CT molecular complexity index is 1090. The Morgan fingerprint density at radius 3 is 2.79 bits per heavy atom. The molecule has 5 rings (SSSR count). The van der Waals surface area contributed by atoms with Gasteiger partial charge in [0.25, 0.3) is 5.92 Å². The number of pyridine rings is 2. The van der Waals surface area contributed by atoms with Gasteiger partial charge in [0.1, 0.15) is 11.7 Å². The quantitative estimate of drug-likeness (QED) is 0.740. The molecule has 7 heteroatoms. The zero-order valence-corrected chi connectivity index (χ0v) is 15.4. The first-order valence-electron chi connectivity index (χ1n) is 9.25. The van der Waals surface area contributed by atoms with Crippen LogP contribution in [0.2, 0.25) is 0 Å². The van der Waals surface area contributed by atoms with Crippen LogP contribution in [0.5, 0.6) is 0 Å². The van der Waals surface area contributed by atoms with E-state index in [1.54, 1.807) is 12.4 Å². The summed E-state index contributed by atoms with van der Waals surface area (Å²) in [4.78, 5) is 15.2. The first kappa shape index (κ1) is 17.0. The van der Waals surface area contributed by atoms with Gasteiger partial charge < -0.3 is 10.2 Å². The van der Waals surface area contributed by atoms with E-state index in [-0.39, 0.29) is 18.9 Å². The molecule has 0 atom stereocenters. The lowest BCUT2D eigenvalue weighted by molar-refractivity contribution is -0.0849. The number of benzene rings is 1. The lowest BCUT2D eigenvalue weighted by atomic mass is 9.87. The van der Waals surface area contributed by atoms with Crippen molar-refractivity contribution in [2.45, 2.75) is 31.4 Å². The molecule has 3 heterocycles. The Labute approximate surface area is 161 Å². The minimum absolute atomic E-state index is 0.117. The SMILES string of the molecule is CN(c1nccc2cc(NC3=NCc4ncccc43)ccc12)C1CC(F)(F)C1. The molecule has 142 valence electrons. The van der Waals surface area contributed by atoms with Gasteiger partial charge in [-0.05, 0) is 41.8 Å². The van der Waals surface area contributed by atoms with Gasteiger partial charge in [-0.2, -0.15) is 0 Å². The van der Waals surface area contributed by atoms with Crippen LogP contribution in [0.15, 0.2) is 53.8 Å². The van der Waals surface area contributed by atoms with Crippen molar-refractivity contribution in [3.8, 4) is 0 Å². The number of hydrogen-bond donors (Lipinski definition) is 1. The monoisotopic (exact) mass is 379 g/mol. The highest BCUT2D eigenvalue weighted by Crippen LogP contribution is 2.42. The van der Waals surface area contributed by atoms with Gasteiger partial charge in [-0.1, -0.05) is 0 Å². The molecule has 2 aliphatic rings. The fourth-order valence-corrected chi connectivity index (χ4v) is 3.86. The summed E-state index contributed by atoms with van der Waals surface area (Å²) in [7, 11) is 1.84. The molecule has 1 fully saturated rings. The van der Waals surface area contributed by atoms with Crippen molar-refractivity contribution in [3.63, 3.8) is 0 Å². The van der Waals surface area contributed by atoms with Crippen molar-refractivity contribution in [2.24, 2.45) is 4.99 Å². The minimum Gasteiger partial charge on any atom is -0.356 e. The summed E-state index contributed by atoms with van der Waals surface area (Å²) in [6.45, 7) is 0.580. The van der Waals surface area contributed by atoms with Crippen LogP contribution < -0.4 is 10.2 Å². The van der Waals surface area contributed by atoms with E-state index in [9.17, 15) is 8.78 Å². The molecule has 0 bridgehead atoms. The van der Waals surface area contributed by atoms with E-state index in [1.165, 1.54) is 0 Å². The molecule has 1 aromatic carbocycles. The number of aliphatic imine (C=N–C) groups is 1. The predicted octanol–water partition coefficient (Wildman–Crippen LogP) is 4.24. The zero-order valence-electron chi connectivity index (χ0n) is 15.4. The Kier molecular flexibility index (Phi) is 3.79. The predicted molar refractivity (Wildman–Crippen MR) is 106 cm³/mol. The van der Waals surface area contributed by atoms with Crippen LogP contribution in [0.3, 0.4) is 0 Å². The lowest BCUT2D eigenvalue weighted by Gasteiger charge is -2.41. The fraction of sp³-hybridized carbons (Fsp3) is 0.286. The summed E-state index contributed by atoms with van der Waals surface area (Å²) in [5, 5.41) is 5.31. The number of aromatic nitrogens is 2. The van der Waals surface area contributed by atoms with E-state index in [2.05, 4.69) is 20.3 Å². The topological polar surface area (TPSA) is 53.4 Å². The number of hydrogen-bond acceptors (Lipinski definition) is 5. The minimum atomic E-state index is -2.55. The highest BCUT2D eigenvalue weighted by molar-refractivity contribution is 6.11. The van der Waals surface area contributed by atoms with Gasteiger partial charge in [0, 0.05) is 55.0 Å². The van der Waals surface area contributed by atoms with Crippen molar-refractivity contribution < 1.29 is 8.78 Å². The Balaban J connectivity index is 1.42. The van der Waals surface area contributed by atoms with Gasteiger partial charge in [-0.25, -0.2) is 13.8 Å². The summed E-state index contributed by atoms with van der Waals surface area (Å²) >= 11 is 0. The third kappa shape index (κ3) is 2.87. The van der Waals surface area contributed by atoms with Gasteiger partial charge in [-0.3, -0.25) is 9.98 Å². The number of halogens is 2. The Morgan fingerprint density at radius 2 is 1.96 bits per heavy atom. The van der Waals surface area contributed by atoms with Gasteiger partial charge in [0.2, 0.25) is 0 Å². The fourth-order valence-electron chi connectivity index (χ4n) is 3.86. The molecule has 1 saturated carbocycles. The van der Waals surface area contributed by atoms with Crippen molar-refractivity contribution in [2.75, 3.05) is 17.3 Å². The molecule has 0 unspecified atom stereocenters. The summed E-state index contributed by atoms with van der Waals surface area (Å²) in [5.74, 6) is -1.00. The van der Waals surface area contributed by atoms with Crippen LogP contribution in [-0.4, -0.2) is 34.8 Å². The maximum Gasteiger partial charge on any atom is 0.252 e. The van der Waals surface area contributed by atoms with E-state index < -0.39 is 5.92 Å². The number of amidine groups is 1. The lowest BCUT2D eigenvalue weighted by Crippen LogP contribution is -2.49. The third-order valence-corrected chi connectivity index (χ3v) is 5.49. The van der Waals surface area contributed by atoms with Gasteiger partial charge in [0.05, 0.1) is 12.2 Å². The Morgan fingerprint density at radius 1 is 1.11 bits per heavy atom. The van der Waals surface area contributed by atoms with E-state index in [0.29, 0.717) is 6.54 Å².